The van der Waals surface area contributed by atoms with E-state index in [4.69, 9.17) is 5.26 Å². The molecule has 1 heteroatoms. The first-order valence-electron chi connectivity index (χ1n) is 5.34. The van der Waals surface area contributed by atoms with Crippen LogP contribution in [-0.4, -0.2) is 0 Å². The quantitative estimate of drug-likeness (QED) is 0.530. The molecule has 0 amide bonds. The molecule has 0 radical (unpaired) electrons. The van der Waals surface area contributed by atoms with Gasteiger partial charge in [0.25, 0.3) is 0 Å². The molecule has 1 aliphatic rings. The molecule has 0 aliphatic heterocycles. The molecule has 1 rings (SSSR count). The van der Waals surface area contributed by atoms with Crippen LogP contribution < -0.4 is 0 Å². The zero-order chi connectivity index (χ0) is 11.0. The van der Waals surface area contributed by atoms with Crippen molar-refractivity contribution >= 4 is 0 Å². The van der Waals surface area contributed by atoms with Gasteiger partial charge in [0.1, 0.15) is 0 Å². The van der Waals surface area contributed by atoms with E-state index in [0.29, 0.717) is 10.8 Å². The van der Waals surface area contributed by atoms with Crippen molar-refractivity contribution in [2.24, 2.45) is 10.8 Å². The predicted molar refractivity (Wildman–Crippen MR) is 59.7 cm³/mol. The summed E-state index contributed by atoms with van der Waals surface area (Å²) < 4.78 is 0. The fourth-order valence-corrected chi connectivity index (χ4v) is 2.98. The molecule has 0 atom stereocenters. The lowest BCUT2D eigenvalue weighted by molar-refractivity contribution is 0.153. The van der Waals surface area contributed by atoms with Crippen LogP contribution in [0.3, 0.4) is 0 Å². The normalized spacial score (nSPS) is 24.1. The Bertz CT molecular complexity index is 282. The summed E-state index contributed by atoms with van der Waals surface area (Å²) in [6.07, 6.45) is 3.44. The molecule has 1 nitrogen and oxygen atoms in total. The maximum Gasteiger partial charge on any atom is 0.0943 e. The van der Waals surface area contributed by atoms with E-state index >= 15 is 0 Å². The van der Waals surface area contributed by atoms with Crippen molar-refractivity contribution in [1.29, 1.82) is 5.26 Å². The second kappa shape index (κ2) is 3.42. The van der Waals surface area contributed by atoms with Crippen molar-refractivity contribution in [2.75, 3.05) is 0 Å². The maximum absolute atomic E-state index is 8.92. The second-order valence-corrected chi connectivity index (χ2v) is 6.20. The molecule has 1 fully saturated rings. The summed E-state index contributed by atoms with van der Waals surface area (Å²) in [6.45, 7) is 11.2. The third-order valence-electron chi connectivity index (χ3n) is 3.04. The van der Waals surface area contributed by atoms with Gasteiger partial charge in [0.15, 0.2) is 0 Å². The van der Waals surface area contributed by atoms with Crippen molar-refractivity contribution in [3.05, 3.63) is 11.1 Å². The van der Waals surface area contributed by atoms with Crippen molar-refractivity contribution in [3.63, 3.8) is 0 Å². The van der Waals surface area contributed by atoms with Gasteiger partial charge in [-0.1, -0.05) is 33.3 Å². The minimum Gasteiger partial charge on any atom is -0.193 e. The van der Waals surface area contributed by atoms with E-state index in [1.165, 1.54) is 12.0 Å². The van der Waals surface area contributed by atoms with Crippen molar-refractivity contribution < 1.29 is 0 Å². The van der Waals surface area contributed by atoms with Crippen molar-refractivity contribution in [1.82, 2.24) is 0 Å². The molecule has 0 unspecified atom stereocenters. The number of rotatable bonds is 0. The zero-order valence-corrected chi connectivity index (χ0v) is 10.1. The van der Waals surface area contributed by atoms with Crippen molar-refractivity contribution in [2.45, 2.75) is 53.9 Å². The number of allylic oxidation sites excluding steroid dienone is 2. The monoisotopic (exact) mass is 191 g/mol. The van der Waals surface area contributed by atoms with E-state index in [2.05, 4.69) is 33.8 Å². The van der Waals surface area contributed by atoms with Crippen LogP contribution in [0, 0.1) is 22.2 Å². The summed E-state index contributed by atoms with van der Waals surface area (Å²) in [4.78, 5) is 0. The van der Waals surface area contributed by atoms with E-state index in [9.17, 15) is 0 Å². The lowest BCUT2D eigenvalue weighted by Gasteiger charge is -2.42. The molecule has 0 saturated heterocycles. The Morgan fingerprint density at radius 3 is 1.93 bits per heavy atom. The summed E-state index contributed by atoms with van der Waals surface area (Å²) in [5.74, 6) is 0. The zero-order valence-electron chi connectivity index (χ0n) is 10.1. The van der Waals surface area contributed by atoms with Crippen molar-refractivity contribution in [3.8, 4) is 6.07 Å². The second-order valence-electron chi connectivity index (χ2n) is 6.20. The van der Waals surface area contributed by atoms with Crippen LogP contribution in [0.25, 0.3) is 0 Å². The van der Waals surface area contributed by atoms with Gasteiger partial charge in [0, 0.05) is 5.57 Å². The Kier molecular flexibility index (Phi) is 2.76. The number of nitrogens with zero attached hydrogens (tertiary/aromatic N) is 1. The highest BCUT2D eigenvalue weighted by Crippen LogP contribution is 2.48. The van der Waals surface area contributed by atoms with Gasteiger partial charge in [-0.05, 0) is 37.0 Å². The van der Waals surface area contributed by atoms with Crippen LogP contribution >= 0.6 is 0 Å². The Balaban J connectivity index is 3.00. The third kappa shape index (κ3) is 2.61. The molecule has 0 aromatic heterocycles. The highest BCUT2D eigenvalue weighted by Gasteiger charge is 2.36. The van der Waals surface area contributed by atoms with Crippen LogP contribution in [0.1, 0.15) is 53.9 Å². The Morgan fingerprint density at radius 1 is 1.14 bits per heavy atom. The van der Waals surface area contributed by atoms with Crippen LogP contribution in [0.15, 0.2) is 11.1 Å². The Morgan fingerprint density at radius 2 is 1.57 bits per heavy atom. The standard InChI is InChI=1S/C13H21N/c1-10(8-14)11-6-12(2,3)9-13(4,5)7-11/h6-7,9H2,1-5H3. The predicted octanol–water partition coefficient (Wildman–Crippen LogP) is 4.06. The molecule has 0 aromatic carbocycles. The van der Waals surface area contributed by atoms with Gasteiger partial charge in [-0.25, -0.2) is 0 Å². The summed E-state index contributed by atoms with van der Waals surface area (Å²) in [5.41, 5.74) is 3.02. The molecule has 78 valence electrons. The van der Waals surface area contributed by atoms with Gasteiger partial charge in [-0.3, -0.25) is 0 Å². The van der Waals surface area contributed by atoms with E-state index in [1.807, 2.05) is 6.92 Å². The first kappa shape index (κ1) is 11.3. The van der Waals surface area contributed by atoms with Gasteiger partial charge in [-0.15, -0.1) is 0 Å². The van der Waals surface area contributed by atoms with Gasteiger partial charge in [0.2, 0.25) is 0 Å². The molecular formula is C13H21N. The molecule has 0 heterocycles. The van der Waals surface area contributed by atoms with E-state index in [1.54, 1.807) is 0 Å². The molecule has 0 aromatic rings. The highest BCUT2D eigenvalue weighted by atomic mass is 14.4. The average Bonchev–Trinajstić information content (AvgIpc) is 1.97. The summed E-state index contributed by atoms with van der Waals surface area (Å²) in [5, 5.41) is 8.92. The van der Waals surface area contributed by atoms with E-state index in [0.717, 1.165) is 18.4 Å². The molecular weight excluding hydrogens is 170 g/mol. The summed E-state index contributed by atoms with van der Waals surface area (Å²) in [7, 11) is 0. The first-order chi connectivity index (χ1) is 6.26. The Hall–Kier alpha value is -0.770. The smallest absolute Gasteiger partial charge is 0.0943 e. The molecule has 0 bridgehead atoms. The van der Waals surface area contributed by atoms with Crippen LogP contribution in [0.4, 0.5) is 0 Å². The van der Waals surface area contributed by atoms with Crippen LogP contribution in [0.5, 0.6) is 0 Å². The minimum absolute atomic E-state index is 0.356. The fraction of sp³-hybridized carbons (Fsp3) is 0.769. The Labute approximate surface area is 87.8 Å². The summed E-state index contributed by atoms with van der Waals surface area (Å²) in [6, 6.07) is 2.29. The number of hydrogen-bond donors (Lipinski definition) is 0. The lowest BCUT2D eigenvalue weighted by Crippen LogP contribution is -2.30. The molecule has 0 spiro atoms. The highest BCUT2D eigenvalue weighted by molar-refractivity contribution is 5.28. The molecule has 0 N–H and O–H groups in total. The number of nitriles is 1. The largest absolute Gasteiger partial charge is 0.193 e. The minimum atomic E-state index is 0.356. The van der Waals surface area contributed by atoms with Crippen LogP contribution in [0.2, 0.25) is 0 Å². The van der Waals surface area contributed by atoms with E-state index in [-0.39, 0.29) is 0 Å². The van der Waals surface area contributed by atoms with E-state index < -0.39 is 0 Å². The van der Waals surface area contributed by atoms with Gasteiger partial charge in [0.05, 0.1) is 6.07 Å². The number of hydrogen-bond acceptors (Lipinski definition) is 1. The summed E-state index contributed by atoms with van der Waals surface area (Å²) >= 11 is 0. The lowest BCUT2D eigenvalue weighted by atomic mass is 9.63. The van der Waals surface area contributed by atoms with Gasteiger partial charge in [-0.2, -0.15) is 5.26 Å². The maximum atomic E-state index is 8.92. The third-order valence-corrected chi connectivity index (χ3v) is 3.04. The molecule has 14 heavy (non-hydrogen) atoms. The SMILES string of the molecule is CC(C#N)=C1CC(C)(C)CC(C)(C)C1. The topological polar surface area (TPSA) is 23.8 Å². The first-order valence-corrected chi connectivity index (χ1v) is 5.34. The average molecular weight is 191 g/mol. The fourth-order valence-electron chi connectivity index (χ4n) is 2.98. The molecule has 1 saturated carbocycles. The molecule has 1 aliphatic carbocycles. The van der Waals surface area contributed by atoms with Gasteiger partial charge < -0.3 is 0 Å². The van der Waals surface area contributed by atoms with Gasteiger partial charge >= 0.3 is 0 Å². The van der Waals surface area contributed by atoms with Crippen LogP contribution in [-0.2, 0) is 0 Å².